The summed E-state index contributed by atoms with van der Waals surface area (Å²) in [6.07, 6.45) is 0. The smallest absolute Gasteiger partial charge is 0.239 e. The average Bonchev–Trinajstić information content (AvgIpc) is 2.11. The quantitative estimate of drug-likeness (QED) is 0.862. The molecule has 14 heavy (non-hydrogen) atoms. The Labute approximate surface area is 89.6 Å². The van der Waals surface area contributed by atoms with Crippen molar-refractivity contribution in [3.05, 3.63) is 34.1 Å². The highest BCUT2D eigenvalue weighted by Gasteiger charge is 2.19. The number of halogens is 2. The molecule has 3 N–H and O–H groups in total. The van der Waals surface area contributed by atoms with Crippen LogP contribution in [0.2, 0.25) is 0 Å². The maximum Gasteiger partial charge on any atom is 0.239 e. The van der Waals surface area contributed by atoms with Crippen LogP contribution < -0.4 is 11.1 Å². The summed E-state index contributed by atoms with van der Waals surface area (Å²) in [6.45, 7) is 0. The summed E-state index contributed by atoms with van der Waals surface area (Å²) < 4.78 is 14.0. The first-order chi connectivity index (χ1) is 6.56. The van der Waals surface area contributed by atoms with Crippen molar-refractivity contribution in [3.8, 4) is 0 Å². The van der Waals surface area contributed by atoms with Gasteiger partial charge in [0.1, 0.15) is 11.9 Å². The fourth-order valence-corrected chi connectivity index (χ4v) is 1.57. The van der Waals surface area contributed by atoms with Crippen molar-refractivity contribution >= 4 is 21.8 Å². The van der Waals surface area contributed by atoms with Crippen molar-refractivity contribution in [2.24, 2.45) is 5.73 Å². The fraction of sp³-hybridized carbons (Fsp3) is 0.222. The first-order valence-corrected chi connectivity index (χ1v) is 4.77. The Hall–Kier alpha value is -0.940. The Morgan fingerprint density at radius 3 is 2.79 bits per heavy atom. The van der Waals surface area contributed by atoms with Gasteiger partial charge < -0.3 is 11.1 Å². The summed E-state index contributed by atoms with van der Waals surface area (Å²) in [6, 6.07) is 3.58. The van der Waals surface area contributed by atoms with E-state index in [2.05, 4.69) is 21.2 Å². The molecule has 1 rings (SSSR count). The van der Waals surface area contributed by atoms with Crippen LogP contribution in [-0.2, 0) is 4.79 Å². The Kier molecular flexibility index (Phi) is 3.60. The van der Waals surface area contributed by atoms with Crippen molar-refractivity contribution in [2.45, 2.75) is 6.04 Å². The number of likely N-dealkylation sites (N-methyl/N-ethyl adjacent to an activating group) is 1. The molecule has 0 fully saturated rings. The molecule has 0 radical (unpaired) electrons. The van der Waals surface area contributed by atoms with Crippen LogP contribution in [0.3, 0.4) is 0 Å². The molecule has 76 valence electrons. The maximum atomic E-state index is 13.3. The van der Waals surface area contributed by atoms with E-state index >= 15 is 0 Å². The first-order valence-electron chi connectivity index (χ1n) is 3.97. The lowest BCUT2D eigenvalue weighted by Gasteiger charge is -2.13. The molecule has 1 amide bonds. The van der Waals surface area contributed by atoms with Gasteiger partial charge >= 0.3 is 0 Å². The van der Waals surface area contributed by atoms with Gasteiger partial charge in [0.05, 0.1) is 0 Å². The van der Waals surface area contributed by atoms with Crippen LogP contribution in [0.15, 0.2) is 22.7 Å². The monoisotopic (exact) mass is 260 g/mol. The van der Waals surface area contributed by atoms with Crippen LogP contribution in [0.5, 0.6) is 0 Å². The molecule has 0 bridgehead atoms. The molecule has 0 saturated heterocycles. The van der Waals surface area contributed by atoms with Crippen LogP contribution in [0.4, 0.5) is 4.39 Å². The number of nitrogens with two attached hydrogens (primary N) is 1. The molecular formula is C9H10BrFN2O. The third-order valence-corrected chi connectivity index (χ3v) is 2.34. The van der Waals surface area contributed by atoms with Crippen LogP contribution >= 0.6 is 15.9 Å². The molecule has 0 spiro atoms. The summed E-state index contributed by atoms with van der Waals surface area (Å²) in [4.78, 5) is 11.0. The molecule has 0 saturated carbocycles. The summed E-state index contributed by atoms with van der Waals surface area (Å²) in [5.41, 5.74) is 5.36. The number of primary amides is 1. The van der Waals surface area contributed by atoms with Gasteiger partial charge in [-0.25, -0.2) is 4.39 Å². The minimum atomic E-state index is -0.799. The van der Waals surface area contributed by atoms with Crippen LogP contribution in [0.1, 0.15) is 11.6 Å². The van der Waals surface area contributed by atoms with Gasteiger partial charge in [0.2, 0.25) is 5.91 Å². The predicted molar refractivity (Wildman–Crippen MR) is 55.1 cm³/mol. The predicted octanol–water partition coefficient (Wildman–Crippen LogP) is 1.33. The van der Waals surface area contributed by atoms with E-state index in [9.17, 15) is 9.18 Å². The molecule has 3 nitrogen and oxygen atoms in total. The van der Waals surface area contributed by atoms with E-state index in [1.165, 1.54) is 12.1 Å². The Bertz CT molecular complexity index is 357. The SMILES string of the molecule is CN[C@H](C(N)=O)c1cc(Br)ccc1F. The van der Waals surface area contributed by atoms with Gasteiger partial charge in [0, 0.05) is 10.0 Å². The molecule has 1 aromatic carbocycles. The fourth-order valence-electron chi connectivity index (χ4n) is 1.19. The third kappa shape index (κ3) is 2.30. The van der Waals surface area contributed by atoms with Crippen LogP contribution in [0, 0.1) is 5.82 Å². The Morgan fingerprint density at radius 1 is 1.64 bits per heavy atom. The van der Waals surface area contributed by atoms with Gasteiger partial charge in [0.25, 0.3) is 0 Å². The molecule has 5 heteroatoms. The number of hydrogen-bond acceptors (Lipinski definition) is 2. The highest BCUT2D eigenvalue weighted by Crippen LogP contribution is 2.21. The maximum absolute atomic E-state index is 13.3. The molecular weight excluding hydrogens is 251 g/mol. The minimum Gasteiger partial charge on any atom is -0.368 e. The standard InChI is InChI=1S/C9H10BrFN2O/c1-13-8(9(12)14)6-4-5(10)2-3-7(6)11/h2-4,8,13H,1H3,(H2,12,14)/t8-/m0/s1. The lowest BCUT2D eigenvalue weighted by Crippen LogP contribution is -2.31. The number of nitrogens with one attached hydrogen (secondary N) is 1. The summed E-state index contributed by atoms with van der Waals surface area (Å²) >= 11 is 3.20. The number of hydrogen-bond donors (Lipinski definition) is 2. The topological polar surface area (TPSA) is 55.1 Å². The second-order valence-corrected chi connectivity index (χ2v) is 3.71. The van der Waals surface area contributed by atoms with Gasteiger partial charge in [-0.1, -0.05) is 15.9 Å². The number of benzene rings is 1. The van der Waals surface area contributed by atoms with E-state index in [4.69, 9.17) is 5.73 Å². The molecule has 0 aliphatic carbocycles. The average molecular weight is 261 g/mol. The number of amides is 1. The van der Waals surface area contributed by atoms with Crippen molar-refractivity contribution in [1.82, 2.24) is 5.32 Å². The van der Waals surface area contributed by atoms with Gasteiger partial charge in [-0.15, -0.1) is 0 Å². The zero-order valence-corrected chi connectivity index (χ0v) is 9.14. The highest BCUT2D eigenvalue weighted by molar-refractivity contribution is 9.10. The lowest BCUT2D eigenvalue weighted by molar-refractivity contribution is -0.120. The zero-order valence-electron chi connectivity index (χ0n) is 7.55. The van der Waals surface area contributed by atoms with E-state index in [0.717, 1.165) is 0 Å². The van der Waals surface area contributed by atoms with Crippen LogP contribution in [0.25, 0.3) is 0 Å². The second kappa shape index (κ2) is 4.52. The number of rotatable bonds is 3. The summed E-state index contributed by atoms with van der Waals surface area (Å²) in [5, 5.41) is 2.65. The van der Waals surface area contributed by atoms with E-state index in [1.54, 1.807) is 13.1 Å². The lowest BCUT2D eigenvalue weighted by atomic mass is 10.1. The van der Waals surface area contributed by atoms with Gasteiger partial charge in [-0.3, -0.25) is 4.79 Å². The van der Waals surface area contributed by atoms with Gasteiger partial charge in [-0.05, 0) is 25.2 Å². The Balaban J connectivity index is 3.15. The second-order valence-electron chi connectivity index (χ2n) is 2.79. The third-order valence-electron chi connectivity index (χ3n) is 1.84. The summed E-state index contributed by atoms with van der Waals surface area (Å²) in [5.74, 6) is -1.06. The van der Waals surface area contributed by atoms with Gasteiger partial charge in [0.15, 0.2) is 0 Å². The molecule has 0 aliphatic rings. The number of carbonyl (C=O) groups is 1. The van der Waals surface area contributed by atoms with E-state index < -0.39 is 17.8 Å². The van der Waals surface area contributed by atoms with Crippen molar-refractivity contribution < 1.29 is 9.18 Å². The normalized spacial score (nSPS) is 12.5. The Morgan fingerprint density at radius 2 is 2.29 bits per heavy atom. The molecule has 0 unspecified atom stereocenters. The van der Waals surface area contributed by atoms with Crippen molar-refractivity contribution in [2.75, 3.05) is 7.05 Å². The van der Waals surface area contributed by atoms with E-state index in [-0.39, 0.29) is 5.56 Å². The first kappa shape index (κ1) is 11.1. The summed E-state index contributed by atoms with van der Waals surface area (Å²) in [7, 11) is 1.55. The molecule has 0 aliphatic heterocycles. The molecule has 1 atom stereocenters. The largest absolute Gasteiger partial charge is 0.368 e. The molecule has 0 aromatic heterocycles. The van der Waals surface area contributed by atoms with Gasteiger partial charge in [-0.2, -0.15) is 0 Å². The zero-order chi connectivity index (χ0) is 10.7. The minimum absolute atomic E-state index is 0.245. The van der Waals surface area contributed by atoms with E-state index in [0.29, 0.717) is 4.47 Å². The van der Waals surface area contributed by atoms with E-state index in [1.807, 2.05) is 0 Å². The molecule has 0 heterocycles. The highest BCUT2D eigenvalue weighted by atomic mass is 79.9. The van der Waals surface area contributed by atoms with Crippen molar-refractivity contribution in [3.63, 3.8) is 0 Å². The number of carbonyl (C=O) groups excluding carboxylic acids is 1. The van der Waals surface area contributed by atoms with Crippen LogP contribution in [-0.4, -0.2) is 13.0 Å². The molecule has 1 aromatic rings. The van der Waals surface area contributed by atoms with Crippen molar-refractivity contribution in [1.29, 1.82) is 0 Å².